The molecule has 0 spiro atoms. The molecule has 1 aromatic carbocycles. The number of amides is 1. The summed E-state index contributed by atoms with van der Waals surface area (Å²) in [5, 5.41) is 6.05. The summed E-state index contributed by atoms with van der Waals surface area (Å²) in [5.74, 6) is 0.573. The molecule has 8 heteroatoms. The Hall–Kier alpha value is -2.06. The number of imidazole rings is 1. The Balaban J connectivity index is 1.68. The van der Waals surface area contributed by atoms with Gasteiger partial charge in [-0.1, -0.05) is 11.8 Å². The maximum Gasteiger partial charge on any atom is 0.223 e. The normalized spacial score (nSPS) is 10.9. The lowest BCUT2D eigenvalue weighted by Gasteiger charge is -1.95. The van der Waals surface area contributed by atoms with Crippen LogP contribution in [-0.4, -0.2) is 20.9 Å². The van der Waals surface area contributed by atoms with Gasteiger partial charge in [0.2, 0.25) is 5.91 Å². The maximum atomic E-state index is 11.0. The molecule has 0 aliphatic carbocycles. The second-order valence-corrected chi connectivity index (χ2v) is 6.25. The second-order valence-electron chi connectivity index (χ2n) is 4.43. The van der Waals surface area contributed by atoms with Gasteiger partial charge in [0.15, 0.2) is 10.3 Å². The zero-order valence-corrected chi connectivity index (χ0v) is 12.8. The third-order valence-corrected chi connectivity index (χ3v) is 4.39. The van der Waals surface area contributed by atoms with E-state index in [9.17, 15) is 4.79 Å². The number of H-pyrrole nitrogens is 1. The van der Waals surface area contributed by atoms with Gasteiger partial charge in [-0.3, -0.25) is 4.79 Å². The number of nitrogens with zero attached hydrogens (tertiary/aromatic N) is 2. The van der Waals surface area contributed by atoms with Crippen LogP contribution in [0.3, 0.4) is 0 Å². The molecule has 0 saturated heterocycles. The Morgan fingerprint density at radius 3 is 3.14 bits per heavy atom. The molecule has 4 N–H and O–H groups in total. The number of anilines is 2. The van der Waals surface area contributed by atoms with E-state index in [1.54, 1.807) is 11.8 Å². The molecule has 0 bridgehead atoms. The first-order chi connectivity index (χ1) is 10.1. The van der Waals surface area contributed by atoms with Crippen molar-refractivity contribution in [2.24, 2.45) is 0 Å². The van der Waals surface area contributed by atoms with Gasteiger partial charge in [-0.15, -0.1) is 11.3 Å². The zero-order valence-electron chi connectivity index (χ0n) is 11.2. The number of thioether (sulfide) groups is 1. The van der Waals surface area contributed by atoms with Gasteiger partial charge in [0, 0.05) is 23.7 Å². The van der Waals surface area contributed by atoms with Crippen LogP contribution in [0.1, 0.15) is 12.6 Å². The van der Waals surface area contributed by atoms with Crippen molar-refractivity contribution in [3.05, 3.63) is 29.3 Å². The molecule has 0 aliphatic heterocycles. The van der Waals surface area contributed by atoms with E-state index in [0.29, 0.717) is 16.6 Å². The van der Waals surface area contributed by atoms with E-state index < -0.39 is 0 Å². The molecule has 6 nitrogen and oxygen atoms in total. The molecule has 3 rings (SSSR count). The third kappa shape index (κ3) is 3.34. The van der Waals surface area contributed by atoms with Crippen molar-refractivity contribution in [1.82, 2.24) is 15.0 Å². The average molecular weight is 319 g/mol. The number of thiazole rings is 1. The lowest BCUT2D eigenvalue weighted by Crippen LogP contribution is -2.05. The number of carbonyl (C=O) groups is 1. The van der Waals surface area contributed by atoms with Gasteiger partial charge in [0.25, 0.3) is 0 Å². The number of hydrogen-bond acceptors (Lipinski definition) is 6. The molecule has 0 radical (unpaired) electrons. The van der Waals surface area contributed by atoms with E-state index in [1.807, 2.05) is 23.6 Å². The largest absolute Gasteiger partial charge is 0.399 e. The minimum atomic E-state index is -0.113. The van der Waals surface area contributed by atoms with Crippen LogP contribution in [0.4, 0.5) is 10.8 Å². The first kappa shape index (κ1) is 13.9. The number of carbonyl (C=O) groups excluding carboxylic acids is 1. The maximum absolute atomic E-state index is 11.0. The highest BCUT2D eigenvalue weighted by Gasteiger charge is 2.07. The first-order valence-corrected chi connectivity index (χ1v) is 8.07. The summed E-state index contributed by atoms with van der Waals surface area (Å²) in [4.78, 5) is 23.0. The first-order valence-electron chi connectivity index (χ1n) is 6.20. The van der Waals surface area contributed by atoms with Crippen LogP contribution in [0.15, 0.2) is 28.7 Å². The van der Waals surface area contributed by atoms with Gasteiger partial charge < -0.3 is 16.0 Å². The number of hydrogen-bond donors (Lipinski definition) is 3. The van der Waals surface area contributed by atoms with Crippen LogP contribution in [0, 0.1) is 0 Å². The van der Waals surface area contributed by atoms with Crippen molar-refractivity contribution in [3.8, 4) is 0 Å². The summed E-state index contributed by atoms with van der Waals surface area (Å²) in [7, 11) is 0. The monoisotopic (exact) mass is 319 g/mol. The van der Waals surface area contributed by atoms with Crippen LogP contribution >= 0.6 is 23.1 Å². The summed E-state index contributed by atoms with van der Waals surface area (Å²) >= 11 is 2.98. The van der Waals surface area contributed by atoms with E-state index in [0.717, 1.165) is 21.9 Å². The van der Waals surface area contributed by atoms with Gasteiger partial charge in [-0.2, -0.15) is 0 Å². The fourth-order valence-corrected chi connectivity index (χ4v) is 3.44. The summed E-state index contributed by atoms with van der Waals surface area (Å²) in [6.07, 6.45) is 0. The molecule has 0 atom stereocenters. The molecule has 0 aliphatic rings. The van der Waals surface area contributed by atoms with E-state index in [2.05, 4.69) is 20.3 Å². The molecule has 21 heavy (non-hydrogen) atoms. The quantitative estimate of drug-likeness (QED) is 0.507. The highest BCUT2D eigenvalue weighted by atomic mass is 32.2. The van der Waals surface area contributed by atoms with Gasteiger partial charge in [0.05, 0.1) is 16.7 Å². The fraction of sp³-hybridized carbons (Fsp3) is 0.154. The van der Waals surface area contributed by atoms with Gasteiger partial charge in [0.1, 0.15) is 0 Å². The van der Waals surface area contributed by atoms with Crippen molar-refractivity contribution in [1.29, 1.82) is 0 Å². The lowest BCUT2D eigenvalue weighted by molar-refractivity contribution is -0.114. The SMILES string of the molecule is CC(=O)Nc1nc(CSc2nc3ccc(N)cc3[nH]2)cs1. The zero-order chi connectivity index (χ0) is 14.8. The number of rotatable bonds is 4. The predicted molar refractivity (Wildman–Crippen MR) is 86.5 cm³/mol. The molecule has 2 heterocycles. The summed E-state index contributed by atoms with van der Waals surface area (Å²) in [6, 6.07) is 5.59. The minimum Gasteiger partial charge on any atom is -0.399 e. The number of nitrogens with two attached hydrogens (primary N) is 1. The number of nitrogen functional groups attached to an aromatic ring is 1. The number of fused-ring (bicyclic) bond motifs is 1. The Morgan fingerprint density at radius 1 is 1.48 bits per heavy atom. The fourth-order valence-electron chi connectivity index (χ4n) is 1.80. The number of nitrogens with one attached hydrogen (secondary N) is 2. The molecular formula is C13H13N5OS2. The van der Waals surface area contributed by atoms with E-state index in [1.165, 1.54) is 18.3 Å². The van der Waals surface area contributed by atoms with Gasteiger partial charge in [-0.25, -0.2) is 9.97 Å². The van der Waals surface area contributed by atoms with Crippen molar-refractivity contribution < 1.29 is 4.79 Å². The standard InChI is InChI=1S/C13H13N5OS2/c1-7(19)15-12-16-9(5-20-12)6-21-13-17-10-3-2-8(14)4-11(10)18-13/h2-5H,6,14H2,1H3,(H,17,18)(H,15,16,19). The van der Waals surface area contributed by atoms with Crippen LogP contribution in [-0.2, 0) is 10.5 Å². The molecule has 0 saturated carbocycles. The number of benzene rings is 1. The van der Waals surface area contributed by atoms with E-state index in [-0.39, 0.29) is 5.91 Å². The molecule has 108 valence electrons. The molecule has 3 aromatic rings. The molecule has 0 unspecified atom stereocenters. The predicted octanol–water partition coefficient (Wildman–Crippen LogP) is 2.85. The molecule has 0 fully saturated rings. The molecule has 1 amide bonds. The molecular weight excluding hydrogens is 306 g/mol. The van der Waals surface area contributed by atoms with Crippen molar-refractivity contribution in [2.75, 3.05) is 11.1 Å². The van der Waals surface area contributed by atoms with Crippen LogP contribution in [0.5, 0.6) is 0 Å². The van der Waals surface area contributed by atoms with Crippen molar-refractivity contribution in [2.45, 2.75) is 17.8 Å². The Morgan fingerprint density at radius 2 is 2.33 bits per heavy atom. The van der Waals surface area contributed by atoms with Crippen LogP contribution in [0.2, 0.25) is 0 Å². The number of aromatic nitrogens is 3. The summed E-state index contributed by atoms with van der Waals surface area (Å²) in [5.41, 5.74) is 9.18. The highest BCUT2D eigenvalue weighted by Crippen LogP contribution is 2.25. The van der Waals surface area contributed by atoms with Gasteiger partial charge in [-0.05, 0) is 18.2 Å². The average Bonchev–Trinajstić information content (AvgIpc) is 3.01. The van der Waals surface area contributed by atoms with E-state index in [4.69, 9.17) is 5.73 Å². The third-order valence-electron chi connectivity index (χ3n) is 2.68. The van der Waals surface area contributed by atoms with Crippen LogP contribution < -0.4 is 11.1 Å². The Bertz CT molecular complexity index is 795. The summed E-state index contributed by atoms with van der Waals surface area (Å²) in [6.45, 7) is 1.47. The summed E-state index contributed by atoms with van der Waals surface area (Å²) < 4.78 is 0. The van der Waals surface area contributed by atoms with Crippen LogP contribution in [0.25, 0.3) is 11.0 Å². The highest BCUT2D eigenvalue weighted by molar-refractivity contribution is 7.98. The van der Waals surface area contributed by atoms with Crippen molar-refractivity contribution >= 4 is 50.9 Å². The number of aromatic amines is 1. The topological polar surface area (TPSA) is 96.7 Å². The van der Waals surface area contributed by atoms with Crippen molar-refractivity contribution in [3.63, 3.8) is 0 Å². The second kappa shape index (κ2) is 5.74. The minimum absolute atomic E-state index is 0.113. The Kier molecular flexibility index (Phi) is 3.80. The molecule has 2 aromatic heterocycles. The van der Waals surface area contributed by atoms with E-state index >= 15 is 0 Å². The van der Waals surface area contributed by atoms with Gasteiger partial charge >= 0.3 is 0 Å². The lowest BCUT2D eigenvalue weighted by atomic mass is 10.3. The smallest absolute Gasteiger partial charge is 0.223 e. The Labute approximate surface area is 129 Å².